The number of nitro benzene ring substituents is 1. The van der Waals surface area contributed by atoms with Gasteiger partial charge in [-0.15, -0.1) is 0 Å². The van der Waals surface area contributed by atoms with Gasteiger partial charge in [0.2, 0.25) is 0 Å². The molecule has 2 aromatic carbocycles. The quantitative estimate of drug-likeness (QED) is 0.483. The second-order valence-electron chi connectivity index (χ2n) is 3.90. The van der Waals surface area contributed by atoms with Crippen LogP contribution >= 0.6 is 22.6 Å². The number of nitro groups is 1. The van der Waals surface area contributed by atoms with Crippen LogP contribution in [0.4, 0.5) is 11.4 Å². The first-order valence-corrected chi connectivity index (χ1v) is 6.60. The smallest absolute Gasteiger partial charge is 0.283 e. The van der Waals surface area contributed by atoms with Gasteiger partial charge in [-0.2, -0.15) is 0 Å². The first-order valence-electron chi connectivity index (χ1n) is 5.52. The summed E-state index contributed by atoms with van der Waals surface area (Å²) in [5.74, 6) is -0.901. The van der Waals surface area contributed by atoms with E-state index in [1.165, 1.54) is 6.07 Å². The highest BCUT2D eigenvalue weighted by molar-refractivity contribution is 14.1. The van der Waals surface area contributed by atoms with Crippen molar-refractivity contribution in [2.45, 2.75) is 0 Å². The van der Waals surface area contributed by atoms with Gasteiger partial charge in [-0.1, -0.05) is 18.2 Å². The minimum Gasteiger partial charge on any atom is -0.507 e. The summed E-state index contributed by atoms with van der Waals surface area (Å²) in [4.78, 5) is 22.3. The van der Waals surface area contributed by atoms with Gasteiger partial charge in [-0.05, 0) is 34.7 Å². The van der Waals surface area contributed by atoms with Crippen molar-refractivity contribution in [3.63, 3.8) is 0 Å². The van der Waals surface area contributed by atoms with E-state index in [9.17, 15) is 20.0 Å². The summed E-state index contributed by atoms with van der Waals surface area (Å²) in [7, 11) is 0. The van der Waals surface area contributed by atoms with E-state index in [1.807, 2.05) is 0 Å². The van der Waals surface area contributed by atoms with Gasteiger partial charge in [0.1, 0.15) is 5.75 Å². The van der Waals surface area contributed by atoms with E-state index in [4.69, 9.17) is 0 Å². The van der Waals surface area contributed by atoms with E-state index in [0.717, 1.165) is 6.07 Å². The molecule has 0 aromatic heterocycles. The molecule has 0 fully saturated rings. The first-order chi connectivity index (χ1) is 9.49. The van der Waals surface area contributed by atoms with Crippen molar-refractivity contribution in [3.05, 3.63) is 61.7 Å². The molecule has 0 aliphatic heterocycles. The second kappa shape index (κ2) is 5.87. The summed E-state index contributed by atoms with van der Waals surface area (Å²) in [5.41, 5.74) is 0.181. The summed E-state index contributed by atoms with van der Waals surface area (Å²) < 4.78 is 0.265. The molecule has 0 spiro atoms. The summed E-state index contributed by atoms with van der Waals surface area (Å²) in [5, 5.41) is 23.2. The van der Waals surface area contributed by atoms with Crippen molar-refractivity contribution in [1.82, 2.24) is 0 Å². The molecule has 0 unspecified atom stereocenters. The Bertz CT molecular complexity index is 674. The molecule has 0 atom stereocenters. The Morgan fingerprint density at radius 1 is 1.25 bits per heavy atom. The van der Waals surface area contributed by atoms with Crippen LogP contribution < -0.4 is 5.32 Å². The van der Waals surface area contributed by atoms with E-state index in [1.54, 1.807) is 52.9 Å². The fourth-order valence-electron chi connectivity index (χ4n) is 1.59. The minimum atomic E-state index is -0.604. The maximum atomic E-state index is 12.0. The number of carbonyl (C=O) groups is 1. The molecule has 2 rings (SSSR count). The maximum absolute atomic E-state index is 12.0. The van der Waals surface area contributed by atoms with Gasteiger partial charge in [-0.25, -0.2) is 0 Å². The predicted octanol–water partition coefficient (Wildman–Crippen LogP) is 3.16. The number of benzene rings is 2. The van der Waals surface area contributed by atoms with E-state index in [0.29, 0.717) is 5.69 Å². The Hall–Kier alpha value is -2.16. The molecule has 1 amide bonds. The predicted molar refractivity (Wildman–Crippen MR) is 81.9 cm³/mol. The molecule has 7 heteroatoms. The third-order valence-electron chi connectivity index (χ3n) is 2.54. The third-order valence-corrected chi connectivity index (χ3v) is 3.40. The van der Waals surface area contributed by atoms with Crippen molar-refractivity contribution in [2.24, 2.45) is 0 Å². The van der Waals surface area contributed by atoms with Crippen LogP contribution in [0.3, 0.4) is 0 Å². The molecule has 0 radical (unpaired) electrons. The van der Waals surface area contributed by atoms with Crippen molar-refractivity contribution in [1.29, 1.82) is 0 Å². The number of amides is 1. The van der Waals surface area contributed by atoms with Gasteiger partial charge in [0.15, 0.2) is 0 Å². The van der Waals surface area contributed by atoms with Crippen LogP contribution in [0.25, 0.3) is 0 Å². The molecule has 6 nitrogen and oxygen atoms in total. The van der Waals surface area contributed by atoms with E-state index >= 15 is 0 Å². The minimum absolute atomic E-state index is 0.138. The molecule has 2 N–H and O–H groups in total. The lowest BCUT2D eigenvalue weighted by Gasteiger charge is -2.07. The summed E-state index contributed by atoms with van der Waals surface area (Å²) >= 11 is 1.73. The van der Waals surface area contributed by atoms with Crippen molar-refractivity contribution in [2.75, 3.05) is 5.32 Å². The number of phenols is 1. The maximum Gasteiger partial charge on any atom is 0.283 e. The normalized spacial score (nSPS) is 10.1. The average Bonchev–Trinajstić information content (AvgIpc) is 2.39. The standard InChI is InChI=1S/C13H9IN2O4/c14-10-7-12(17)9(6-11(10)16(19)20)13(18)15-8-4-2-1-3-5-8/h1-7,17H,(H,15,18). The van der Waals surface area contributed by atoms with Gasteiger partial charge in [0.05, 0.1) is 14.1 Å². The summed E-state index contributed by atoms with van der Waals surface area (Å²) in [6.07, 6.45) is 0. The van der Waals surface area contributed by atoms with Crippen LogP contribution in [0.1, 0.15) is 10.4 Å². The van der Waals surface area contributed by atoms with Crippen LogP contribution in [0.15, 0.2) is 42.5 Å². The van der Waals surface area contributed by atoms with Crippen LogP contribution in [0.5, 0.6) is 5.75 Å². The lowest BCUT2D eigenvalue weighted by Crippen LogP contribution is -2.12. The number of nitrogens with zero attached hydrogens (tertiary/aromatic N) is 1. The number of nitrogens with one attached hydrogen (secondary N) is 1. The zero-order valence-corrected chi connectivity index (χ0v) is 12.2. The lowest BCUT2D eigenvalue weighted by atomic mass is 10.1. The Morgan fingerprint density at radius 2 is 1.90 bits per heavy atom. The Kier molecular flexibility index (Phi) is 4.18. The number of carbonyl (C=O) groups excluding carboxylic acids is 1. The summed E-state index contributed by atoms with van der Waals surface area (Å²) in [6, 6.07) is 10.9. The van der Waals surface area contributed by atoms with E-state index < -0.39 is 10.8 Å². The lowest BCUT2D eigenvalue weighted by molar-refractivity contribution is -0.385. The zero-order valence-electron chi connectivity index (χ0n) is 10.0. The van der Waals surface area contributed by atoms with E-state index in [-0.39, 0.29) is 20.6 Å². The number of hydrogen-bond donors (Lipinski definition) is 2. The van der Waals surface area contributed by atoms with Crippen LogP contribution in [0.2, 0.25) is 0 Å². The molecule has 2 aromatic rings. The van der Waals surface area contributed by atoms with Gasteiger partial charge < -0.3 is 10.4 Å². The molecular weight excluding hydrogens is 375 g/mol. The molecule has 0 heterocycles. The topological polar surface area (TPSA) is 92.5 Å². The molecule has 102 valence electrons. The van der Waals surface area contributed by atoms with Crippen LogP contribution in [0, 0.1) is 13.7 Å². The van der Waals surface area contributed by atoms with Gasteiger partial charge >= 0.3 is 0 Å². The zero-order chi connectivity index (χ0) is 14.7. The number of hydrogen-bond acceptors (Lipinski definition) is 4. The largest absolute Gasteiger partial charge is 0.507 e. The number of halogens is 1. The van der Waals surface area contributed by atoms with Gasteiger partial charge in [-0.3, -0.25) is 14.9 Å². The first kappa shape index (κ1) is 14.3. The fraction of sp³-hybridized carbons (Fsp3) is 0. The highest BCUT2D eigenvalue weighted by atomic mass is 127. The van der Waals surface area contributed by atoms with Gasteiger partial charge in [0, 0.05) is 17.8 Å². The Labute approximate surface area is 127 Å². The average molecular weight is 384 g/mol. The molecule has 0 aliphatic rings. The van der Waals surface area contributed by atoms with Gasteiger partial charge in [0.25, 0.3) is 11.6 Å². The number of phenolic OH excluding ortho intramolecular Hbond substituents is 1. The highest BCUT2D eigenvalue weighted by Crippen LogP contribution is 2.29. The fourth-order valence-corrected chi connectivity index (χ4v) is 2.24. The van der Waals surface area contributed by atoms with E-state index in [2.05, 4.69) is 5.32 Å². The molecule has 0 saturated carbocycles. The molecule has 20 heavy (non-hydrogen) atoms. The number of rotatable bonds is 3. The molecular formula is C13H9IN2O4. The highest BCUT2D eigenvalue weighted by Gasteiger charge is 2.20. The van der Waals surface area contributed by atoms with Crippen molar-refractivity contribution < 1.29 is 14.8 Å². The van der Waals surface area contributed by atoms with Crippen LogP contribution in [-0.4, -0.2) is 15.9 Å². The monoisotopic (exact) mass is 384 g/mol. The number of anilines is 1. The molecule has 0 saturated heterocycles. The van der Waals surface area contributed by atoms with Crippen molar-refractivity contribution >= 4 is 39.9 Å². The SMILES string of the molecule is O=C(Nc1ccccc1)c1cc([N+](=O)[O-])c(I)cc1O. The van der Waals surface area contributed by atoms with Crippen LogP contribution in [-0.2, 0) is 0 Å². The number of para-hydroxylation sites is 1. The van der Waals surface area contributed by atoms with Crippen molar-refractivity contribution in [3.8, 4) is 5.75 Å². The number of aromatic hydroxyl groups is 1. The third kappa shape index (κ3) is 3.05. The Balaban J connectivity index is 2.35. The molecule has 0 aliphatic carbocycles. The second-order valence-corrected chi connectivity index (χ2v) is 5.06. The molecule has 0 bridgehead atoms. The summed E-state index contributed by atoms with van der Waals surface area (Å²) in [6.45, 7) is 0. The Morgan fingerprint density at radius 3 is 2.50 bits per heavy atom.